The summed E-state index contributed by atoms with van der Waals surface area (Å²) in [5.74, 6) is 0.872. The van der Waals surface area contributed by atoms with Crippen molar-refractivity contribution in [1.82, 2.24) is 15.5 Å². The topological polar surface area (TPSA) is 92.0 Å². The van der Waals surface area contributed by atoms with Crippen LogP contribution in [0.1, 0.15) is 36.5 Å². The van der Waals surface area contributed by atoms with Crippen LogP contribution in [-0.2, 0) is 24.4 Å². The van der Waals surface area contributed by atoms with Crippen LogP contribution in [0.15, 0.2) is 53.5 Å². The van der Waals surface area contributed by atoms with Crippen molar-refractivity contribution in [1.29, 1.82) is 0 Å². The molecule has 0 atom stereocenters. The van der Waals surface area contributed by atoms with Crippen molar-refractivity contribution < 1.29 is 9.53 Å². The molecule has 31 heavy (non-hydrogen) atoms. The summed E-state index contributed by atoms with van der Waals surface area (Å²) in [6.45, 7) is 7.37. The van der Waals surface area contributed by atoms with E-state index in [4.69, 9.17) is 10.5 Å². The van der Waals surface area contributed by atoms with Gasteiger partial charge in [0.2, 0.25) is 0 Å². The lowest BCUT2D eigenvalue weighted by Gasteiger charge is -2.15. The Morgan fingerprint density at radius 3 is 2.52 bits per heavy atom. The fraction of sp³-hybridized carbons (Fsp3) is 0.417. The quantitative estimate of drug-likeness (QED) is 0.403. The summed E-state index contributed by atoms with van der Waals surface area (Å²) in [6, 6.07) is 16.3. The van der Waals surface area contributed by atoms with Crippen molar-refractivity contribution in [2.75, 3.05) is 26.2 Å². The monoisotopic (exact) mass is 423 g/mol. The largest absolute Gasteiger partial charge is 0.484 e. The second kappa shape index (κ2) is 12.0. The van der Waals surface area contributed by atoms with Gasteiger partial charge < -0.3 is 21.1 Å². The summed E-state index contributed by atoms with van der Waals surface area (Å²) in [5, 5.41) is 6.67. The highest BCUT2D eigenvalue weighted by molar-refractivity contribution is 5.79. The maximum atomic E-state index is 10.9. The predicted octanol–water partition coefficient (Wildman–Crippen LogP) is 2.40. The van der Waals surface area contributed by atoms with E-state index in [2.05, 4.69) is 44.8 Å². The maximum Gasteiger partial charge on any atom is 0.255 e. The minimum absolute atomic E-state index is 0.131. The second-order valence-electron chi connectivity index (χ2n) is 7.75. The van der Waals surface area contributed by atoms with Crippen molar-refractivity contribution in [3.05, 3.63) is 65.2 Å². The van der Waals surface area contributed by atoms with Gasteiger partial charge in [-0.2, -0.15) is 0 Å². The number of hydrogen-bond donors (Lipinski definition) is 3. The minimum atomic E-state index is -0.494. The van der Waals surface area contributed by atoms with Gasteiger partial charge in [0.25, 0.3) is 5.91 Å². The molecule has 2 aromatic rings. The molecule has 0 spiro atoms. The first-order chi connectivity index (χ1) is 15.1. The van der Waals surface area contributed by atoms with Crippen molar-refractivity contribution in [2.45, 2.75) is 39.4 Å². The van der Waals surface area contributed by atoms with Gasteiger partial charge >= 0.3 is 0 Å². The molecular formula is C24H33N5O2. The number of primary amides is 1. The Kier molecular flexibility index (Phi) is 8.72. The first-order valence-electron chi connectivity index (χ1n) is 10.9. The molecule has 0 aromatic heterocycles. The number of ether oxygens (including phenoxy) is 1. The zero-order valence-electron chi connectivity index (χ0n) is 18.3. The van der Waals surface area contributed by atoms with Crippen LogP contribution in [0.2, 0.25) is 0 Å². The molecule has 1 aliphatic heterocycles. The van der Waals surface area contributed by atoms with Crippen LogP contribution >= 0.6 is 0 Å². The first-order valence-corrected chi connectivity index (χ1v) is 10.9. The molecule has 0 radical (unpaired) electrons. The van der Waals surface area contributed by atoms with E-state index in [1.165, 1.54) is 37.1 Å². The van der Waals surface area contributed by atoms with Crippen LogP contribution in [0, 0.1) is 0 Å². The molecule has 7 nitrogen and oxygen atoms in total. The summed E-state index contributed by atoms with van der Waals surface area (Å²) in [6.07, 6.45) is 2.64. The fourth-order valence-corrected chi connectivity index (χ4v) is 3.55. The van der Waals surface area contributed by atoms with Gasteiger partial charge in [0.05, 0.1) is 6.54 Å². The summed E-state index contributed by atoms with van der Waals surface area (Å²) < 4.78 is 5.36. The van der Waals surface area contributed by atoms with E-state index < -0.39 is 5.91 Å². The normalized spacial score (nSPS) is 14.4. The van der Waals surface area contributed by atoms with Crippen LogP contribution in [-0.4, -0.2) is 43.0 Å². The molecule has 0 bridgehead atoms. The number of guanidine groups is 1. The van der Waals surface area contributed by atoms with E-state index in [1.54, 1.807) is 6.07 Å². The summed E-state index contributed by atoms with van der Waals surface area (Å²) in [7, 11) is 0. The molecule has 2 aromatic carbocycles. The number of carbonyl (C=O) groups excluding carboxylic acids is 1. The average molecular weight is 424 g/mol. The zero-order valence-corrected chi connectivity index (χ0v) is 18.3. The smallest absolute Gasteiger partial charge is 0.255 e. The van der Waals surface area contributed by atoms with Crippen LogP contribution in [0.25, 0.3) is 0 Å². The average Bonchev–Trinajstić information content (AvgIpc) is 3.28. The Hall–Kier alpha value is -3.06. The molecule has 7 heteroatoms. The van der Waals surface area contributed by atoms with Crippen molar-refractivity contribution >= 4 is 11.9 Å². The molecule has 1 amide bonds. The standard InChI is InChI=1S/C24H33N5O2/c1-2-26-24(28-16-21-6-5-7-22(14-21)31-18-23(25)30)27-15-19-8-10-20(11-9-19)17-29-12-3-4-13-29/h5-11,14H,2-4,12-13,15-18H2,1H3,(H2,25,30)(H2,26,27,28). The van der Waals surface area contributed by atoms with Gasteiger partial charge in [-0.1, -0.05) is 36.4 Å². The lowest BCUT2D eigenvalue weighted by molar-refractivity contribution is -0.119. The summed E-state index contributed by atoms with van der Waals surface area (Å²) >= 11 is 0. The number of aliphatic imine (C=N–C) groups is 1. The third-order valence-corrected chi connectivity index (χ3v) is 5.13. The highest BCUT2D eigenvalue weighted by Crippen LogP contribution is 2.15. The van der Waals surface area contributed by atoms with Gasteiger partial charge in [-0.3, -0.25) is 9.69 Å². The third-order valence-electron chi connectivity index (χ3n) is 5.13. The van der Waals surface area contributed by atoms with Gasteiger partial charge in [0.1, 0.15) is 5.75 Å². The Morgan fingerprint density at radius 2 is 1.81 bits per heavy atom. The van der Waals surface area contributed by atoms with Crippen molar-refractivity contribution in [3.63, 3.8) is 0 Å². The number of amides is 1. The molecule has 3 rings (SSSR count). The van der Waals surface area contributed by atoms with Crippen LogP contribution in [0.3, 0.4) is 0 Å². The van der Waals surface area contributed by atoms with E-state index in [0.717, 1.165) is 24.6 Å². The van der Waals surface area contributed by atoms with Crippen LogP contribution in [0.5, 0.6) is 5.75 Å². The molecule has 0 unspecified atom stereocenters. The van der Waals surface area contributed by atoms with Gasteiger partial charge in [0, 0.05) is 19.6 Å². The number of nitrogens with zero attached hydrogens (tertiary/aromatic N) is 2. The van der Waals surface area contributed by atoms with E-state index in [1.807, 2.05) is 25.1 Å². The number of likely N-dealkylation sites (tertiary alicyclic amines) is 1. The number of nitrogens with one attached hydrogen (secondary N) is 2. The Labute approximate surface area is 184 Å². The number of nitrogens with two attached hydrogens (primary N) is 1. The minimum Gasteiger partial charge on any atom is -0.484 e. The maximum absolute atomic E-state index is 10.9. The van der Waals surface area contributed by atoms with E-state index in [-0.39, 0.29) is 6.61 Å². The van der Waals surface area contributed by atoms with Crippen molar-refractivity contribution in [3.8, 4) is 5.75 Å². The Balaban J connectivity index is 1.52. The SMILES string of the molecule is CCNC(=NCc1cccc(OCC(N)=O)c1)NCc1ccc(CN2CCCC2)cc1. The predicted molar refractivity (Wildman–Crippen MR) is 124 cm³/mol. The number of benzene rings is 2. The van der Waals surface area contributed by atoms with Crippen LogP contribution < -0.4 is 21.1 Å². The molecule has 0 aliphatic carbocycles. The molecule has 1 heterocycles. The Bertz CT molecular complexity index is 861. The van der Waals surface area contributed by atoms with Gasteiger partial charge in [-0.15, -0.1) is 0 Å². The molecule has 1 fully saturated rings. The molecule has 0 saturated carbocycles. The van der Waals surface area contributed by atoms with E-state index in [9.17, 15) is 4.79 Å². The molecule has 1 aliphatic rings. The second-order valence-corrected chi connectivity index (χ2v) is 7.75. The fourth-order valence-electron chi connectivity index (χ4n) is 3.55. The molecular weight excluding hydrogens is 390 g/mol. The lowest BCUT2D eigenvalue weighted by atomic mass is 10.1. The number of rotatable bonds is 10. The molecule has 166 valence electrons. The van der Waals surface area contributed by atoms with Gasteiger partial charge in [-0.25, -0.2) is 4.99 Å². The lowest BCUT2D eigenvalue weighted by Crippen LogP contribution is -2.36. The van der Waals surface area contributed by atoms with Crippen LogP contribution in [0.4, 0.5) is 0 Å². The third kappa shape index (κ3) is 7.94. The van der Waals surface area contributed by atoms with Crippen molar-refractivity contribution in [2.24, 2.45) is 10.7 Å². The van der Waals surface area contributed by atoms with Gasteiger partial charge in [0.15, 0.2) is 12.6 Å². The Morgan fingerprint density at radius 1 is 1.06 bits per heavy atom. The zero-order chi connectivity index (χ0) is 21.9. The summed E-state index contributed by atoms with van der Waals surface area (Å²) in [4.78, 5) is 18.1. The van der Waals surface area contributed by atoms with E-state index in [0.29, 0.717) is 18.8 Å². The summed E-state index contributed by atoms with van der Waals surface area (Å²) in [5.41, 5.74) is 8.71. The number of carbonyl (C=O) groups is 1. The number of hydrogen-bond acceptors (Lipinski definition) is 4. The molecule has 4 N–H and O–H groups in total. The highest BCUT2D eigenvalue weighted by Gasteiger charge is 2.11. The first kappa shape index (κ1) is 22.6. The highest BCUT2D eigenvalue weighted by atomic mass is 16.5. The van der Waals surface area contributed by atoms with E-state index >= 15 is 0 Å². The van der Waals surface area contributed by atoms with Gasteiger partial charge in [-0.05, 0) is 61.7 Å². The molecule has 1 saturated heterocycles.